The van der Waals surface area contributed by atoms with Crippen LogP contribution in [0.2, 0.25) is 36.3 Å². The molecule has 2 unspecified atom stereocenters. The van der Waals surface area contributed by atoms with Gasteiger partial charge in [-0.2, -0.15) is 0 Å². The summed E-state index contributed by atoms with van der Waals surface area (Å²) >= 11 is 0. The summed E-state index contributed by atoms with van der Waals surface area (Å²) in [6, 6.07) is 89.8. The summed E-state index contributed by atoms with van der Waals surface area (Å²) in [5.41, 5.74) is 24.4. The second kappa shape index (κ2) is 39.1. The van der Waals surface area contributed by atoms with Crippen LogP contribution < -0.4 is 31.1 Å². The molecule has 17 rings (SSSR count). The van der Waals surface area contributed by atoms with Gasteiger partial charge in [-0.25, -0.2) is 0 Å². The Balaban J connectivity index is 0.484. The molecule has 2 atom stereocenters. The van der Waals surface area contributed by atoms with E-state index in [1.165, 1.54) is 161 Å². The lowest BCUT2D eigenvalue weighted by Crippen LogP contribution is -2.59. The van der Waals surface area contributed by atoms with Gasteiger partial charge >= 0.3 is 0 Å². The molecule has 0 radical (unpaired) electrons. The van der Waals surface area contributed by atoms with Gasteiger partial charge in [0.1, 0.15) is 24.2 Å². The van der Waals surface area contributed by atoms with Crippen molar-refractivity contribution in [3.05, 3.63) is 383 Å². The minimum Gasteiger partial charge on any atom is -0.254 e. The molecule has 14 aromatic rings. The van der Waals surface area contributed by atoms with E-state index >= 15 is 0 Å². The summed E-state index contributed by atoms with van der Waals surface area (Å²) < 4.78 is 0. The quantitative estimate of drug-likeness (QED) is 0.0469. The number of hydrogen-bond acceptors (Lipinski definition) is 8. The molecule has 8 nitrogen and oxygen atoms in total. The molecule has 0 bridgehead atoms. The predicted octanol–water partition coefficient (Wildman–Crippen LogP) is 25.4. The van der Waals surface area contributed by atoms with E-state index in [-0.39, 0.29) is 0 Å². The Hall–Kier alpha value is -12.9. The highest BCUT2D eigenvalue weighted by atomic mass is 28.3. The largest absolute Gasteiger partial charge is 0.254 e. The number of aromatic nitrogens is 8. The summed E-state index contributed by atoms with van der Waals surface area (Å²) in [5, 5.41) is 9.03. The van der Waals surface area contributed by atoms with Crippen molar-refractivity contribution in [3.63, 3.8) is 0 Å². The molecule has 3 aliphatic carbocycles. The Morgan fingerprint density at radius 2 is 0.323 bits per heavy atom. The molecular formula is C113H108N8Si3. The summed E-state index contributed by atoms with van der Waals surface area (Å²) in [5.74, 6) is 0. The first-order valence-corrected chi connectivity index (χ1v) is 52.3. The number of hydrogen-bond donors (Lipinski definition) is 0. The molecule has 3 saturated carbocycles. The molecule has 11 heteroatoms. The summed E-state index contributed by atoms with van der Waals surface area (Å²) in [6.45, 7) is 15.5. The lowest BCUT2D eigenvalue weighted by atomic mass is 10.0. The molecule has 0 amide bonds. The van der Waals surface area contributed by atoms with Gasteiger partial charge in [0.15, 0.2) is 0 Å². The molecule has 8 heterocycles. The zero-order valence-electron chi connectivity index (χ0n) is 71.6. The van der Waals surface area contributed by atoms with Crippen molar-refractivity contribution in [2.75, 3.05) is 0 Å². The Bertz CT molecular complexity index is 5740. The predicted molar refractivity (Wildman–Crippen MR) is 535 cm³/mol. The van der Waals surface area contributed by atoms with E-state index in [0.717, 1.165) is 90.1 Å². The summed E-state index contributed by atoms with van der Waals surface area (Å²) in [6.07, 6.45) is 64.8. The minimum absolute atomic E-state index is 0.695. The Kier molecular flexibility index (Phi) is 26.3. The first-order valence-electron chi connectivity index (χ1n) is 44.6. The fourth-order valence-electron chi connectivity index (χ4n) is 19.0. The van der Waals surface area contributed by atoms with Crippen molar-refractivity contribution in [3.8, 4) is 45.6 Å². The topological polar surface area (TPSA) is 103 Å². The van der Waals surface area contributed by atoms with E-state index in [4.69, 9.17) is 29.9 Å². The molecular weight excluding hydrogens is 1550 g/mol. The lowest BCUT2D eigenvalue weighted by molar-refractivity contribution is 0.495. The SMILES string of the molecule is C=Cc1ccc(-c2ccc(/C=C/c3ccc([Si](C)(c4ccc(/C=C/c5ccc(-c6ccc(/C=C/c7ccc([Si](C)(c8ccc(/C=C/c9ccc(-c%10ccc(/C=C/c%11ccc([Si](C)(c%12ccc(/C=C/c%13ccc(-c%14ccc(C=C)cn%14)nc%13)cc%12)C%12CCCCC%12)cc%11)cn%10)nc9)cc8)C8CCCCC8)cc7)cn6)nc5)cc4)C4CCCCC4)cc3)cn2)nc1. The molecule has 0 aliphatic heterocycles. The Labute approximate surface area is 736 Å². The monoisotopic (exact) mass is 1660 g/mol. The second-order valence-corrected chi connectivity index (χ2v) is 47.7. The van der Waals surface area contributed by atoms with Gasteiger partial charge < -0.3 is 0 Å². The van der Waals surface area contributed by atoms with Crippen molar-refractivity contribution >= 4 is 140 Å². The van der Waals surface area contributed by atoms with Gasteiger partial charge in [0.25, 0.3) is 0 Å². The van der Waals surface area contributed by atoms with Gasteiger partial charge in [-0.15, -0.1) is 0 Å². The number of nitrogens with zero attached hydrogens (tertiary/aromatic N) is 8. The normalized spacial score (nSPS) is 16.0. The van der Waals surface area contributed by atoms with Crippen LogP contribution in [0, 0.1) is 0 Å². The van der Waals surface area contributed by atoms with E-state index in [0.29, 0.717) is 16.6 Å². The average Bonchev–Trinajstić information content (AvgIpc) is 0.772. The van der Waals surface area contributed by atoms with Crippen LogP contribution in [-0.2, 0) is 0 Å². The maximum atomic E-state index is 4.88. The van der Waals surface area contributed by atoms with Crippen LogP contribution in [0.15, 0.2) is 305 Å². The molecule has 0 N–H and O–H groups in total. The number of pyridine rings is 8. The molecule has 0 saturated heterocycles. The van der Waals surface area contributed by atoms with Crippen molar-refractivity contribution in [2.45, 2.75) is 133 Å². The molecule has 8 aromatic heterocycles. The fraction of sp³-hybridized carbons (Fsp3) is 0.186. The second-order valence-electron chi connectivity index (χ2n) is 34.6. The maximum absolute atomic E-state index is 4.88. The van der Waals surface area contributed by atoms with E-state index < -0.39 is 24.2 Å². The first kappa shape index (κ1) is 83.4. The van der Waals surface area contributed by atoms with Gasteiger partial charge in [-0.1, -0.05) is 439 Å². The molecule has 3 fully saturated rings. The van der Waals surface area contributed by atoms with Gasteiger partial charge in [0.2, 0.25) is 0 Å². The third-order valence-corrected chi connectivity index (χ3v) is 42.8. The lowest BCUT2D eigenvalue weighted by Gasteiger charge is -2.39. The van der Waals surface area contributed by atoms with E-state index in [1.807, 2.05) is 86.0 Å². The molecule has 124 heavy (non-hydrogen) atoms. The van der Waals surface area contributed by atoms with Crippen LogP contribution in [0.25, 0.3) is 131 Å². The highest BCUT2D eigenvalue weighted by Crippen LogP contribution is 2.41. The van der Waals surface area contributed by atoms with Gasteiger partial charge in [0, 0.05) is 49.6 Å². The highest BCUT2D eigenvalue weighted by molar-refractivity contribution is 7.03. The molecule has 612 valence electrons. The Morgan fingerprint density at radius 3 is 0.460 bits per heavy atom. The molecule has 3 aliphatic rings. The first-order chi connectivity index (χ1) is 60.9. The van der Waals surface area contributed by atoms with Gasteiger partial charge in [-0.3, -0.25) is 39.9 Å². The number of rotatable bonds is 27. The third-order valence-electron chi connectivity index (χ3n) is 26.9. The van der Waals surface area contributed by atoms with Gasteiger partial charge in [-0.05, 0) is 143 Å². The Morgan fingerprint density at radius 1 is 0.185 bits per heavy atom. The third kappa shape index (κ3) is 19.6. The van der Waals surface area contributed by atoms with Crippen LogP contribution in [0.3, 0.4) is 0 Å². The van der Waals surface area contributed by atoms with Crippen LogP contribution in [0.4, 0.5) is 0 Å². The zero-order valence-corrected chi connectivity index (χ0v) is 74.6. The average molecular weight is 1660 g/mol. The van der Waals surface area contributed by atoms with Crippen LogP contribution >= 0.6 is 0 Å². The summed E-state index contributed by atoms with van der Waals surface area (Å²) in [4.78, 5) is 38.0. The zero-order chi connectivity index (χ0) is 84.5. The van der Waals surface area contributed by atoms with Crippen LogP contribution in [0.1, 0.15) is 174 Å². The van der Waals surface area contributed by atoms with Crippen molar-refractivity contribution in [1.29, 1.82) is 0 Å². The van der Waals surface area contributed by atoms with E-state index in [1.54, 1.807) is 12.2 Å². The van der Waals surface area contributed by atoms with Crippen molar-refractivity contribution in [1.82, 2.24) is 39.9 Å². The minimum atomic E-state index is -2.12. The fourth-order valence-corrected chi connectivity index (χ4v) is 32.7. The smallest absolute Gasteiger partial charge is 0.118 e. The van der Waals surface area contributed by atoms with Crippen molar-refractivity contribution in [2.24, 2.45) is 0 Å². The number of benzene rings is 6. The van der Waals surface area contributed by atoms with Gasteiger partial charge in [0.05, 0.1) is 45.6 Å². The molecule has 0 spiro atoms. The standard InChI is InChI=1S/C113H108N8Si3/c1-6-83-47-67-106(114-75-83)108-69-49-91(77-116-108)29-23-85-35-55-100(56-36-85)122(3,97-17-11-8-12-18-97)102-59-39-87(40-60-102)25-31-93-51-71-110(118-79-93)112-73-53-95(81-120-112)33-27-89-43-63-104(64-44-89)124(5,99-21-15-10-16-22-99)105-65-45-90(46-66-105)28-34-96-54-74-113(121-82-96)111-72-52-94(80-119-111)32-26-88-41-61-103(62-42-88)123(4,98-19-13-9-14-20-98)101-57-37-86(38-58-101)24-30-92-50-70-109(117-78-92)107-68-48-84(7-2)76-115-107/h6-7,23-82,97-99H,1-2,8-22H2,3-5H3/b29-23+,30-24+,31-25+,32-26+,33-27+,34-28+. The van der Waals surface area contributed by atoms with E-state index in [2.05, 4.69) is 322 Å². The summed E-state index contributed by atoms with van der Waals surface area (Å²) in [7, 11) is -6.28. The van der Waals surface area contributed by atoms with Crippen LogP contribution in [0.5, 0.6) is 0 Å². The van der Waals surface area contributed by atoms with Crippen LogP contribution in [-0.4, -0.2) is 64.1 Å². The molecule has 6 aromatic carbocycles. The van der Waals surface area contributed by atoms with E-state index in [9.17, 15) is 0 Å². The highest BCUT2D eigenvalue weighted by Gasteiger charge is 2.43. The van der Waals surface area contributed by atoms with Crippen molar-refractivity contribution < 1.29 is 0 Å². The maximum Gasteiger partial charge on any atom is 0.118 e.